The standard InChI is InChI=1S/C13H26O11S2/c1-2-6(15)11(19)12(20)13(24-26(21,22)23)8(17)5-25-4-7(16)10(18)9(25)3-14/h6-20H,2-5H2,1H3/p+1/t6-,7+,8+,9+,10-,11+,12+,13+,25?/m0/s1. The Bertz CT molecular complexity index is 530. The molecular weight excluding hydrogens is 396 g/mol. The Morgan fingerprint density at radius 1 is 1.12 bits per heavy atom. The van der Waals surface area contributed by atoms with Gasteiger partial charge in [0.2, 0.25) is 0 Å². The van der Waals surface area contributed by atoms with E-state index in [0.29, 0.717) is 0 Å². The molecule has 0 bridgehead atoms. The van der Waals surface area contributed by atoms with Crippen molar-refractivity contribution in [3.05, 3.63) is 0 Å². The van der Waals surface area contributed by atoms with Crippen LogP contribution in [0.15, 0.2) is 0 Å². The van der Waals surface area contributed by atoms with Crippen LogP contribution < -0.4 is 0 Å². The highest BCUT2D eigenvalue weighted by atomic mass is 32.3. The van der Waals surface area contributed by atoms with E-state index in [4.69, 9.17) is 4.55 Å². The molecule has 0 spiro atoms. The van der Waals surface area contributed by atoms with Crippen LogP contribution in [0.5, 0.6) is 0 Å². The first-order valence-electron chi connectivity index (χ1n) is 7.94. The minimum atomic E-state index is -5.11. The summed E-state index contributed by atoms with van der Waals surface area (Å²) in [5.41, 5.74) is 0. The zero-order valence-electron chi connectivity index (χ0n) is 14.1. The molecule has 1 heterocycles. The van der Waals surface area contributed by atoms with Crippen LogP contribution in [0.4, 0.5) is 0 Å². The van der Waals surface area contributed by atoms with E-state index in [1.54, 1.807) is 0 Å². The molecule has 1 aliphatic rings. The number of hydrogen-bond donors (Lipinski definition) is 8. The predicted molar refractivity (Wildman–Crippen MR) is 90.7 cm³/mol. The first kappa shape index (κ1) is 24.0. The first-order valence-corrected chi connectivity index (χ1v) is 10.9. The molecule has 1 saturated heterocycles. The minimum absolute atomic E-state index is 0.0161. The number of hydrogen-bond acceptors (Lipinski definition) is 10. The highest BCUT2D eigenvalue weighted by molar-refractivity contribution is 7.97. The normalized spacial score (nSPS) is 32.8. The Morgan fingerprint density at radius 3 is 2.15 bits per heavy atom. The lowest BCUT2D eigenvalue weighted by molar-refractivity contribution is -0.122. The smallest absolute Gasteiger partial charge is 0.391 e. The second kappa shape index (κ2) is 9.93. The summed E-state index contributed by atoms with van der Waals surface area (Å²) in [7, 11) is -6.07. The van der Waals surface area contributed by atoms with Gasteiger partial charge in [0, 0.05) is 10.9 Å². The molecule has 0 radical (unpaired) electrons. The Labute approximate surface area is 154 Å². The van der Waals surface area contributed by atoms with Crippen LogP contribution in [-0.4, -0.2) is 115 Å². The molecule has 0 aromatic heterocycles. The van der Waals surface area contributed by atoms with Gasteiger partial charge in [0.15, 0.2) is 5.25 Å². The molecule has 13 heteroatoms. The van der Waals surface area contributed by atoms with Crippen molar-refractivity contribution in [2.75, 3.05) is 18.1 Å². The number of aliphatic hydroxyl groups is 7. The van der Waals surface area contributed by atoms with E-state index in [0.717, 1.165) is 0 Å². The van der Waals surface area contributed by atoms with Crippen molar-refractivity contribution >= 4 is 21.3 Å². The Hall–Kier alpha value is -0.0600. The number of aliphatic hydroxyl groups excluding tert-OH is 7. The molecule has 1 fully saturated rings. The highest BCUT2D eigenvalue weighted by Gasteiger charge is 2.51. The van der Waals surface area contributed by atoms with Crippen LogP contribution in [0.1, 0.15) is 13.3 Å². The van der Waals surface area contributed by atoms with Crippen molar-refractivity contribution in [1.82, 2.24) is 0 Å². The summed E-state index contributed by atoms with van der Waals surface area (Å²) in [6, 6.07) is 0. The van der Waals surface area contributed by atoms with Gasteiger partial charge in [-0.25, -0.2) is 4.18 Å². The Kier molecular flexibility index (Phi) is 9.16. The molecule has 11 nitrogen and oxygen atoms in total. The molecule has 0 aromatic carbocycles. The lowest BCUT2D eigenvalue weighted by Crippen LogP contribution is -2.53. The van der Waals surface area contributed by atoms with Crippen molar-refractivity contribution in [3.63, 3.8) is 0 Å². The van der Waals surface area contributed by atoms with E-state index in [2.05, 4.69) is 4.18 Å². The molecule has 1 aliphatic heterocycles. The summed E-state index contributed by atoms with van der Waals surface area (Å²) in [4.78, 5) is 0. The molecule has 1 rings (SSSR count). The van der Waals surface area contributed by atoms with Gasteiger partial charge in [-0.15, -0.1) is 0 Å². The van der Waals surface area contributed by atoms with Gasteiger partial charge in [0.1, 0.15) is 48.1 Å². The molecule has 26 heavy (non-hydrogen) atoms. The van der Waals surface area contributed by atoms with Crippen molar-refractivity contribution in [3.8, 4) is 0 Å². The summed E-state index contributed by atoms with van der Waals surface area (Å²) in [6.07, 6.45) is -11.5. The van der Waals surface area contributed by atoms with Crippen LogP contribution in [0.3, 0.4) is 0 Å². The van der Waals surface area contributed by atoms with Crippen molar-refractivity contribution in [2.45, 2.75) is 61.3 Å². The van der Waals surface area contributed by atoms with Gasteiger partial charge >= 0.3 is 10.4 Å². The largest absolute Gasteiger partial charge is 0.397 e. The van der Waals surface area contributed by atoms with Crippen LogP contribution in [0.2, 0.25) is 0 Å². The zero-order chi connectivity index (χ0) is 20.2. The summed E-state index contributed by atoms with van der Waals surface area (Å²) in [6.45, 7) is 1.00. The van der Waals surface area contributed by atoms with Gasteiger partial charge < -0.3 is 35.7 Å². The van der Waals surface area contributed by atoms with Crippen LogP contribution in [0, 0.1) is 0 Å². The maximum atomic E-state index is 11.0. The maximum absolute atomic E-state index is 11.0. The van der Waals surface area contributed by atoms with Gasteiger partial charge in [-0.2, -0.15) is 8.42 Å². The molecule has 0 amide bonds. The summed E-state index contributed by atoms with van der Waals surface area (Å²) in [5.74, 6) is -0.260. The summed E-state index contributed by atoms with van der Waals surface area (Å²) in [5, 5.41) is 67.9. The molecule has 0 aliphatic carbocycles. The third-order valence-corrected chi connectivity index (χ3v) is 7.55. The average Bonchev–Trinajstić information content (AvgIpc) is 2.82. The van der Waals surface area contributed by atoms with E-state index < -0.39 is 75.9 Å². The highest BCUT2D eigenvalue weighted by Crippen LogP contribution is 2.26. The minimum Gasteiger partial charge on any atom is -0.391 e. The fourth-order valence-electron chi connectivity index (χ4n) is 2.76. The van der Waals surface area contributed by atoms with Gasteiger partial charge in [-0.3, -0.25) is 4.55 Å². The Balaban J connectivity index is 2.95. The second-order valence-electron chi connectivity index (χ2n) is 6.16. The lowest BCUT2D eigenvalue weighted by Gasteiger charge is -2.30. The predicted octanol–water partition coefficient (Wildman–Crippen LogP) is -4.26. The van der Waals surface area contributed by atoms with Gasteiger partial charge in [0.05, 0.1) is 12.7 Å². The van der Waals surface area contributed by atoms with Gasteiger partial charge in [-0.1, -0.05) is 6.92 Å². The topological polar surface area (TPSA) is 205 Å². The van der Waals surface area contributed by atoms with Crippen molar-refractivity contribution < 1.29 is 52.9 Å². The van der Waals surface area contributed by atoms with E-state index in [1.165, 1.54) is 6.92 Å². The fourth-order valence-corrected chi connectivity index (χ4v) is 5.96. The second-order valence-corrected chi connectivity index (χ2v) is 9.56. The first-order chi connectivity index (χ1) is 11.9. The van der Waals surface area contributed by atoms with Crippen LogP contribution in [0.25, 0.3) is 0 Å². The monoisotopic (exact) mass is 423 g/mol. The molecule has 8 N–H and O–H groups in total. The van der Waals surface area contributed by atoms with E-state index in [-0.39, 0.29) is 17.9 Å². The third kappa shape index (κ3) is 6.24. The molecule has 1 unspecified atom stereocenters. The third-order valence-electron chi connectivity index (χ3n) is 4.26. The van der Waals surface area contributed by atoms with E-state index >= 15 is 0 Å². The number of rotatable bonds is 10. The molecule has 0 aromatic rings. The molecule has 0 saturated carbocycles. The van der Waals surface area contributed by atoms with E-state index in [9.17, 15) is 44.2 Å². The van der Waals surface area contributed by atoms with Crippen LogP contribution >= 0.6 is 0 Å². The fraction of sp³-hybridized carbons (Fsp3) is 1.00. The van der Waals surface area contributed by atoms with E-state index in [1.807, 2.05) is 0 Å². The van der Waals surface area contributed by atoms with Crippen LogP contribution in [-0.2, 0) is 25.5 Å². The van der Waals surface area contributed by atoms with Gasteiger partial charge in [-0.05, 0) is 6.42 Å². The molecule has 9 atom stereocenters. The van der Waals surface area contributed by atoms with Gasteiger partial charge in [0.25, 0.3) is 0 Å². The summed E-state index contributed by atoms with van der Waals surface area (Å²) < 4.78 is 35.2. The molecular formula is C13H27O11S2+. The maximum Gasteiger partial charge on any atom is 0.397 e. The van der Waals surface area contributed by atoms with Crippen molar-refractivity contribution in [1.29, 1.82) is 0 Å². The SMILES string of the molecule is CC[C@H](O)[C@@H](O)[C@@H](O)[C@H](OS(=O)(=O)O)[C@H](O)C[S+]1C[C@@H](O)[C@H](O)[C@H]1CO. The van der Waals surface area contributed by atoms with Crippen molar-refractivity contribution in [2.24, 2.45) is 0 Å². The summed E-state index contributed by atoms with van der Waals surface area (Å²) >= 11 is 0. The molecule has 156 valence electrons. The quantitative estimate of drug-likeness (QED) is 0.125. The lowest BCUT2D eigenvalue weighted by atomic mass is 9.99. The Morgan fingerprint density at radius 2 is 1.69 bits per heavy atom. The zero-order valence-corrected chi connectivity index (χ0v) is 15.7. The average molecular weight is 423 g/mol.